The Labute approximate surface area is 152 Å². The van der Waals surface area contributed by atoms with Crippen LogP contribution in [0.5, 0.6) is 5.75 Å². The molecule has 4 heteroatoms. The Morgan fingerprint density at radius 2 is 2.12 bits per heavy atom. The molecule has 1 spiro atoms. The van der Waals surface area contributed by atoms with Gasteiger partial charge < -0.3 is 14.6 Å². The largest absolute Gasteiger partial charge is 0.491 e. The van der Waals surface area contributed by atoms with E-state index < -0.39 is 6.10 Å². The molecular weight excluding hydrogens is 314 g/mol. The molecule has 2 aliphatic rings. The van der Waals surface area contributed by atoms with Gasteiger partial charge in [0.2, 0.25) is 0 Å². The zero-order valence-electron chi connectivity index (χ0n) is 16.2. The van der Waals surface area contributed by atoms with Crippen LogP contribution >= 0.6 is 0 Å². The van der Waals surface area contributed by atoms with Crippen molar-refractivity contribution in [1.82, 2.24) is 4.90 Å². The fourth-order valence-corrected chi connectivity index (χ4v) is 3.97. The lowest BCUT2D eigenvalue weighted by Gasteiger charge is -2.24. The Kier molecular flexibility index (Phi) is 5.42. The van der Waals surface area contributed by atoms with Crippen LogP contribution in [-0.2, 0) is 10.2 Å². The summed E-state index contributed by atoms with van der Waals surface area (Å²) in [4.78, 5) is 2.36. The highest BCUT2D eigenvalue weighted by atomic mass is 16.5. The SMILES string of the molecule is Cc1cc(C(C)(C)C)ccc1OCC(O)CN1CCC2(CCOC2)C1. The van der Waals surface area contributed by atoms with Gasteiger partial charge in [-0.2, -0.15) is 0 Å². The number of likely N-dealkylation sites (tertiary alicyclic amines) is 1. The highest BCUT2D eigenvalue weighted by molar-refractivity contribution is 5.38. The molecule has 0 bridgehead atoms. The zero-order chi connectivity index (χ0) is 18.1. The smallest absolute Gasteiger partial charge is 0.122 e. The van der Waals surface area contributed by atoms with Crippen molar-refractivity contribution in [3.05, 3.63) is 29.3 Å². The van der Waals surface area contributed by atoms with Crippen molar-refractivity contribution in [3.8, 4) is 5.75 Å². The van der Waals surface area contributed by atoms with E-state index in [4.69, 9.17) is 9.47 Å². The summed E-state index contributed by atoms with van der Waals surface area (Å²) >= 11 is 0. The van der Waals surface area contributed by atoms with Crippen LogP contribution in [-0.4, -0.2) is 55.6 Å². The molecule has 1 aromatic rings. The van der Waals surface area contributed by atoms with Gasteiger partial charge in [-0.3, -0.25) is 4.90 Å². The fourth-order valence-electron chi connectivity index (χ4n) is 3.97. The number of benzene rings is 1. The summed E-state index contributed by atoms with van der Waals surface area (Å²) in [5.74, 6) is 0.870. The van der Waals surface area contributed by atoms with Crippen molar-refractivity contribution in [2.45, 2.75) is 52.1 Å². The maximum Gasteiger partial charge on any atom is 0.122 e. The van der Waals surface area contributed by atoms with Crippen molar-refractivity contribution in [3.63, 3.8) is 0 Å². The van der Waals surface area contributed by atoms with E-state index in [9.17, 15) is 5.11 Å². The van der Waals surface area contributed by atoms with Crippen molar-refractivity contribution in [1.29, 1.82) is 0 Å². The predicted molar refractivity (Wildman–Crippen MR) is 100 cm³/mol. The standard InChI is InChI=1S/C21H33NO3/c1-16-11-17(20(2,3)4)5-6-19(16)25-13-18(23)12-22-9-7-21(14-22)8-10-24-15-21/h5-6,11,18,23H,7-10,12-15H2,1-4H3. The van der Waals surface area contributed by atoms with Crippen LogP contribution < -0.4 is 4.74 Å². The van der Waals surface area contributed by atoms with E-state index >= 15 is 0 Å². The summed E-state index contributed by atoms with van der Waals surface area (Å²) in [5, 5.41) is 10.4. The van der Waals surface area contributed by atoms with E-state index in [1.807, 2.05) is 6.07 Å². The highest BCUT2D eigenvalue weighted by Crippen LogP contribution is 2.38. The molecule has 2 atom stereocenters. The summed E-state index contributed by atoms with van der Waals surface area (Å²) in [5.41, 5.74) is 2.92. The molecule has 4 nitrogen and oxygen atoms in total. The number of ether oxygens (including phenoxy) is 2. The highest BCUT2D eigenvalue weighted by Gasteiger charge is 2.41. The fraction of sp³-hybridized carbons (Fsp3) is 0.714. The Morgan fingerprint density at radius 1 is 1.32 bits per heavy atom. The number of hydrogen-bond donors (Lipinski definition) is 1. The Balaban J connectivity index is 1.48. The number of aryl methyl sites for hydroxylation is 1. The third kappa shape index (κ3) is 4.55. The van der Waals surface area contributed by atoms with Crippen LogP contribution in [0.25, 0.3) is 0 Å². The predicted octanol–water partition coefficient (Wildman–Crippen LogP) is 3.14. The molecule has 2 heterocycles. The van der Waals surface area contributed by atoms with E-state index in [1.54, 1.807) is 0 Å². The Hall–Kier alpha value is -1.10. The number of nitrogens with zero attached hydrogens (tertiary/aromatic N) is 1. The average molecular weight is 347 g/mol. The molecule has 0 saturated carbocycles. The van der Waals surface area contributed by atoms with Gasteiger partial charge in [-0.1, -0.05) is 32.9 Å². The summed E-state index contributed by atoms with van der Waals surface area (Å²) in [6.07, 6.45) is 1.89. The molecule has 0 radical (unpaired) electrons. The molecular formula is C21H33NO3. The number of rotatable bonds is 5. The van der Waals surface area contributed by atoms with Gasteiger partial charge in [0.25, 0.3) is 0 Å². The molecule has 0 amide bonds. The second-order valence-electron chi connectivity index (χ2n) is 8.98. The number of β-amino-alcohol motifs (C(OH)–C–C–N with tert-alkyl or cyclic N) is 1. The zero-order valence-corrected chi connectivity index (χ0v) is 16.2. The van der Waals surface area contributed by atoms with E-state index in [0.717, 1.165) is 44.0 Å². The number of hydrogen-bond acceptors (Lipinski definition) is 4. The van der Waals surface area contributed by atoms with E-state index in [2.05, 4.69) is 44.7 Å². The summed E-state index contributed by atoms with van der Waals surface area (Å²) in [6, 6.07) is 6.34. The van der Waals surface area contributed by atoms with Crippen LogP contribution in [0.2, 0.25) is 0 Å². The lowest BCUT2D eigenvalue weighted by Crippen LogP contribution is -2.36. The minimum Gasteiger partial charge on any atom is -0.491 e. The van der Waals surface area contributed by atoms with Gasteiger partial charge in [-0.15, -0.1) is 0 Å². The normalized spacial score (nSPS) is 25.6. The minimum absolute atomic E-state index is 0.137. The van der Waals surface area contributed by atoms with Crippen LogP contribution in [0.15, 0.2) is 18.2 Å². The Morgan fingerprint density at radius 3 is 2.76 bits per heavy atom. The quantitative estimate of drug-likeness (QED) is 0.888. The maximum absolute atomic E-state index is 10.4. The first-order valence-corrected chi connectivity index (χ1v) is 9.50. The number of aliphatic hydroxyl groups is 1. The first kappa shape index (κ1) is 18.7. The van der Waals surface area contributed by atoms with Crippen LogP contribution in [0.3, 0.4) is 0 Å². The van der Waals surface area contributed by atoms with E-state index in [1.165, 1.54) is 12.0 Å². The first-order valence-electron chi connectivity index (χ1n) is 9.50. The van der Waals surface area contributed by atoms with Crippen LogP contribution in [0, 0.1) is 12.3 Å². The first-order chi connectivity index (χ1) is 11.8. The monoisotopic (exact) mass is 347 g/mol. The topological polar surface area (TPSA) is 41.9 Å². The molecule has 3 rings (SSSR count). The van der Waals surface area contributed by atoms with Gasteiger partial charge in [0, 0.05) is 25.1 Å². The van der Waals surface area contributed by atoms with Crippen molar-refractivity contribution in [2.75, 3.05) is 39.5 Å². The van der Waals surface area contributed by atoms with Gasteiger partial charge in [0.15, 0.2) is 0 Å². The van der Waals surface area contributed by atoms with Crippen molar-refractivity contribution in [2.24, 2.45) is 5.41 Å². The lowest BCUT2D eigenvalue weighted by molar-refractivity contribution is 0.0702. The molecule has 25 heavy (non-hydrogen) atoms. The average Bonchev–Trinajstić information content (AvgIpc) is 3.15. The molecule has 2 aliphatic heterocycles. The number of aliphatic hydroxyl groups excluding tert-OH is 1. The second kappa shape index (κ2) is 7.26. The van der Waals surface area contributed by atoms with Gasteiger partial charge in [-0.25, -0.2) is 0 Å². The third-order valence-corrected chi connectivity index (χ3v) is 5.64. The molecule has 2 saturated heterocycles. The van der Waals surface area contributed by atoms with Gasteiger partial charge >= 0.3 is 0 Å². The summed E-state index contributed by atoms with van der Waals surface area (Å²) in [6.45, 7) is 13.6. The van der Waals surface area contributed by atoms with Gasteiger partial charge in [-0.05, 0) is 48.9 Å². The lowest BCUT2D eigenvalue weighted by atomic mass is 9.86. The Bertz CT molecular complexity index is 587. The van der Waals surface area contributed by atoms with Gasteiger partial charge in [0.05, 0.1) is 6.61 Å². The molecule has 0 aliphatic carbocycles. The van der Waals surface area contributed by atoms with Crippen LogP contribution in [0.1, 0.15) is 44.7 Å². The third-order valence-electron chi connectivity index (χ3n) is 5.64. The molecule has 1 N–H and O–H groups in total. The molecule has 2 unspecified atom stereocenters. The van der Waals surface area contributed by atoms with Crippen LogP contribution in [0.4, 0.5) is 0 Å². The molecule has 2 fully saturated rings. The van der Waals surface area contributed by atoms with Crippen molar-refractivity contribution >= 4 is 0 Å². The minimum atomic E-state index is -0.459. The van der Waals surface area contributed by atoms with E-state index in [-0.39, 0.29) is 5.41 Å². The van der Waals surface area contributed by atoms with Crippen molar-refractivity contribution < 1.29 is 14.6 Å². The molecule has 1 aromatic carbocycles. The second-order valence-corrected chi connectivity index (χ2v) is 8.98. The summed E-state index contributed by atoms with van der Waals surface area (Å²) < 4.78 is 11.5. The molecule has 140 valence electrons. The summed E-state index contributed by atoms with van der Waals surface area (Å²) in [7, 11) is 0. The van der Waals surface area contributed by atoms with Gasteiger partial charge in [0.1, 0.15) is 18.5 Å². The maximum atomic E-state index is 10.4. The molecule has 0 aromatic heterocycles. The van der Waals surface area contributed by atoms with E-state index in [0.29, 0.717) is 18.6 Å².